The number of hydrogen-bond donors (Lipinski definition) is 3. The number of guanidine groups is 1. The molecule has 0 radical (unpaired) electrons. The van der Waals surface area contributed by atoms with E-state index >= 15 is 0 Å². The summed E-state index contributed by atoms with van der Waals surface area (Å²) >= 11 is 0. The molecule has 2 aromatic rings. The van der Waals surface area contributed by atoms with E-state index < -0.39 is 35.6 Å². The Bertz CT molecular complexity index is 913. The molecule has 4 N–H and O–H groups in total. The van der Waals surface area contributed by atoms with E-state index in [1.165, 1.54) is 0 Å². The fraction of sp³-hybridized carbons (Fsp3) is 0.263. The van der Waals surface area contributed by atoms with Gasteiger partial charge in [-0.15, -0.1) is 24.0 Å². The van der Waals surface area contributed by atoms with Crippen LogP contribution in [0.1, 0.15) is 13.8 Å². The maximum absolute atomic E-state index is 13.6. The van der Waals surface area contributed by atoms with Gasteiger partial charge in [-0.2, -0.15) is 0 Å². The molecule has 11 heteroatoms. The van der Waals surface area contributed by atoms with Gasteiger partial charge in [0.25, 0.3) is 0 Å². The predicted molar refractivity (Wildman–Crippen MR) is 119 cm³/mol. The Kier molecular flexibility index (Phi) is 10.2. The van der Waals surface area contributed by atoms with Gasteiger partial charge in [0.2, 0.25) is 5.91 Å². The van der Waals surface area contributed by atoms with Gasteiger partial charge in [-0.25, -0.2) is 18.2 Å². The highest BCUT2D eigenvalue weighted by Crippen LogP contribution is 2.29. The zero-order valence-corrected chi connectivity index (χ0v) is 18.6. The average Bonchev–Trinajstić information content (AvgIpc) is 2.69. The van der Waals surface area contributed by atoms with Crippen LogP contribution >= 0.6 is 24.0 Å². The number of carbonyl (C=O) groups excluding carboxylic acids is 1. The number of ether oxygens (including phenoxy) is 2. The van der Waals surface area contributed by atoms with Crippen molar-refractivity contribution in [3.05, 3.63) is 47.8 Å². The molecule has 1 amide bonds. The third-order valence-corrected chi connectivity index (χ3v) is 3.53. The number of benzene rings is 2. The number of hydrogen-bond acceptors (Lipinski definition) is 4. The smallest absolute Gasteiger partial charge is 0.246 e. The van der Waals surface area contributed by atoms with Crippen LogP contribution in [0, 0.1) is 17.5 Å². The zero-order valence-electron chi connectivity index (χ0n) is 16.3. The maximum Gasteiger partial charge on any atom is 0.246 e. The van der Waals surface area contributed by atoms with Crippen LogP contribution in [0.25, 0.3) is 0 Å². The van der Waals surface area contributed by atoms with Crippen molar-refractivity contribution in [3.8, 4) is 11.5 Å². The summed E-state index contributed by atoms with van der Waals surface area (Å²) in [6, 6.07) is 6.70. The van der Waals surface area contributed by atoms with Crippen molar-refractivity contribution >= 4 is 47.2 Å². The number of carbonyl (C=O) groups is 1. The predicted octanol–water partition coefficient (Wildman–Crippen LogP) is 3.88. The maximum atomic E-state index is 13.6. The lowest BCUT2D eigenvalue weighted by atomic mass is 10.2. The molecule has 0 aliphatic heterocycles. The third-order valence-electron chi connectivity index (χ3n) is 3.53. The van der Waals surface area contributed by atoms with Gasteiger partial charge in [-0.3, -0.25) is 4.79 Å². The summed E-state index contributed by atoms with van der Waals surface area (Å²) in [6.45, 7) is 4.07. The van der Waals surface area contributed by atoms with Gasteiger partial charge >= 0.3 is 0 Å². The molecule has 0 bridgehead atoms. The van der Waals surface area contributed by atoms with Crippen LogP contribution < -0.4 is 25.8 Å². The lowest BCUT2D eigenvalue weighted by molar-refractivity contribution is -0.114. The summed E-state index contributed by atoms with van der Waals surface area (Å²) in [7, 11) is 0. The van der Waals surface area contributed by atoms with Crippen LogP contribution in [0.15, 0.2) is 35.3 Å². The van der Waals surface area contributed by atoms with E-state index in [0.717, 1.165) is 6.07 Å². The SMILES string of the molecule is CCOc1ccc(OCC)c(NC(N)=NCC(=O)Nc2ccc(F)c(F)c2F)c1.I. The molecule has 0 unspecified atom stereocenters. The molecule has 0 saturated carbocycles. The van der Waals surface area contributed by atoms with Gasteiger partial charge in [0.15, 0.2) is 23.4 Å². The van der Waals surface area contributed by atoms with Crippen molar-refractivity contribution in [1.29, 1.82) is 0 Å². The average molecular weight is 538 g/mol. The summed E-state index contributed by atoms with van der Waals surface area (Å²) in [6.07, 6.45) is 0. The molecule has 0 aromatic heterocycles. The zero-order chi connectivity index (χ0) is 21.4. The normalized spacial score (nSPS) is 10.8. The van der Waals surface area contributed by atoms with Crippen LogP contribution in [0.4, 0.5) is 24.5 Å². The molecule has 0 aliphatic rings. The molecular weight excluding hydrogens is 516 g/mol. The molecule has 2 rings (SSSR count). The highest BCUT2D eigenvalue weighted by molar-refractivity contribution is 14.0. The molecule has 0 fully saturated rings. The second-order valence-electron chi connectivity index (χ2n) is 5.62. The standard InChI is InChI=1S/C19H21F3N4O3.HI/c1-3-28-11-5-8-15(29-4-2)14(9-11)26-19(23)24-10-16(27)25-13-7-6-12(20)17(21)18(13)22;/h5-9H,3-4,10H2,1-2H3,(H,25,27)(H3,23,24,26);1H. The van der Waals surface area contributed by atoms with Gasteiger partial charge in [0, 0.05) is 6.07 Å². The third kappa shape index (κ3) is 6.97. The van der Waals surface area contributed by atoms with Crippen LogP contribution in [0.5, 0.6) is 11.5 Å². The molecule has 0 saturated heterocycles. The summed E-state index contributed by atoms with van der Waals surface area (Å²) in [5, 5.41) is 4.90. The number of amides is 1. The topological polar surface area (TPSA) is 98.0 Å². The first-order chi connectivity index (χ1) is 13.8. The number of halogens is 4. The summed E-state index contributed by atoms with van der Waals surface area (Å²) in [4.78, 5) is 15.7. The Balaban J connectivity index is 0.00000450. The van der Waals surface area contributed by atoms with E-state index in [9.17, 15) is 18.0 Å². The Morgan fingerprint density at radius 3 is 2.37 bits per heavy atom. The fourth-order valence-corrected chi connectivity index (χ4v) is 2.29. The minimum absolute atomic E-state index is 0. The van der Waals surface area contributed by atoms with Crippen LogP contribution in [-0.2, 0) is 4.79 Å². The van der Waals surface area contributed by atoms with Crippen molar-refractivity contribution in [2.45, 2.75) is 13.8 Å². The monoisotopic (exact) mass is 538 g/mol. The van der Waals surface area contributed by atoms with Crippen molar-refractivity contribution < 1.29 is 27.4 Å². The quantitative estimate of drug-likeness (QED) is 0.205. The van der Waals surface area contributed by atoms with Crippen molar-refractivity contribution in [3.63, 3.8) is 0 Å². The largest absolute Gasteiger partial charge is 0.494 e. The van der Waals surface area contributed by atoms with E-state index in [1.807, 2.05) is 13.8 Å². The first kappa shape index (κ1) is 25.3. The van der Waals surface area contributed by atoms with Crippen molar-refractivity contribution in [2.24, 2.45) is 10.7 Å². The molecule has 0 atom stereocenters. The molecular formula is C19H22F3IN4O3. The number of nitrogens with one attached hydrogen (secondary N) is 2. The molecule has 0 heterocycles. The first-order valence-electron chi connectivity index (χ1n) is 8.75. The van der Waals surface area contributed by atoms with E-state index in [4.69, 9.17) is 15.2 Å². The van der Waals surface area contributed by atoms with Gasteiger partial charge in [0.05, 0.1) is 24.6 Å². The second-order valence-corrected chi connectivity index (χ2v) is 5.62. The van der Waals surface area contributed by atoms with Gasteiger partial charge in [-0.1, -0.05) is 0 Å². The van der Waals surface area contributed by atoms with E-state index in [0.29, 0.717) is 36.5 Å². The molecule has 30 heavy (non-hydrogen) atoms. The lowest BCUT2D eigenvalue weighted by Gasteiger charge is -2.14. The molecule has 7 nitrogen and oxygen atoms in total. The Morgan fingerprint density at radius 2 is 1.70 bits per heavy atom. The Labute approximate surface area is 188 Å². The molecule has 2 aromatic carbocycles. The fourth-order valence-electron chi connectivity index (χ4n) is 2.29. The van der Waals surface area contributed by atoms with E-state index in [2.05, 4.69) is 15.6 Å². The number of rotatable bonds is 8. The van der Waals surface area contributed by atoms with Crippen molar-refractivity contribution in [2.75, 3.05) is 30.4 Å². The Morgan fingerprint density at radius 1 is 1.00 bits per heavy atom. The van der Waals surface area contributed by atoms with Crippen molar-refractivity contribution in [1.82, 2.24) is 0 Å². The highest BCUT2D eigenvalue weighted by Gasteiger charge is 2.15. The number of aliphatic imine (C=N–C) groups is 1. The minimum atomic E-state index is -1.68. The lowest BCUT2D eigenvalue weighted by Crippen LogP contribution is -2.26. The van der Waals surface area contributed by atoms with Crippen LogP contribution in [-0.4, -0.2) is 31.6 Å². The van der Waals surface area contributed by atoms with Gasteiger partial charge < -0.3 is 25.8 Å². The van der Waals surface area contributed by atoms with Gasteiger partial charge in [-0.05, 0) is 38.1 Å². The molecule has 164 valence electrons. The summed E-state index contributed by atoms with van der Waals surface area (Å²) < 4.78 is 50.6. The summed E-state index contributed by atoms with van der Waals surface area (Å²) in [5.41, 5.74) is 5.77. The Hall–Kier alpha value is -2.70. The van der Waals surface area contributed by atoms with Crippen LogP contribution in [0.2, 0.25) is 0 Å². The van der Waals surface area contributed by atoms with E-state index in [1.54, 1.807) is 18.2 Å². The first-order valence-corrected chi connectivity index (χ1v) is 8.75. The van der Waals surface area contributed by atoms with Gasteiger partial charge in [0.1, 0.15) is 18.0 Å². The summed E-state index contributed by atoms with van der Waals surface area (Å²) in [5.74, 6) is -4.33. The molecule has 0 spiro atoms. The number of anilines is 2. The molecule has 0 aliphatic carbocycles. The second kappa shape index (κ2) is 12.1. The van der Waals surface area contributed by atoms with E-state index in [-0.39, 0.29) is 29.9 Å². The number of nitrogens with zero attached hydrogens (tertiary/aromatic N) is 1. The van der Waals surface area contributed by atoms with Crippen LogP contribution in [0.3, 0.4) is 0 Å². The number of nitrogens with two attached hydrogens (primary N) is 1. The minimum Gasteiger partial charge on any atom is -0.494 e. The highest BCUT2D eigenvalue weighted by atomic mass is 127.